The van der Waals surface area contributed by atoms with Gasteiger partial charge in [-0.1, -0.05) is 0 Å². The molecule has 114 valence electrons. The van der Waals surface area contributed by atoms with Crippen LogP contribution in [0.4, 0.5) is 5.69 Å². The maximum atomic E-state index is 11.6. The number of nitrogens with zero attached hydrogens (tertiary/aromatic N) is 2. The van der Waals surface area contributed by atoms with Crippen molar-refractivity contribution in [3.05, 3.63) is 46.0 Å². The lowest BCUT2D eigenvalue weighted by molar-refractivity contribution is -0.113. The summed E-state index contributed by atoms with van der Waals surface area (Å²) in [6, 6.07) is 13.2. The lowest BCUT2D eigenvalue weighted by Gasteiger charge is -2.02. The number of anilines is 1. The highest BCUT2D eigenvalue weighted by atomic mass is 127. The summed E-state index contributed by atoms with van der Waals surface area (Å²) < 4.78 is 6.89. The van der Waals surface area contributed by atoms with Gasteiger partial charge in [-0.05, 0) is 76.8 Å². The lowest BCUT2D eigenvalue weighted by atomic mass is 10.2. The highest BCUT2D eigenvalue weighted by Crippen LogP contribution is 2.26. The molecule has 1 amide bonds. The number of halogens is 1. The van der Waals surface area contributed by atoms with E-state index in [-0.39, 0.29) is 11.7 Å². The highest BCUT2D eigenvalue weighted by Gasteiger charge is 2.10. The Bertz CT molecular complexity index is 900. The van der Waals surface area contributed by atoms with Gasteiger partial charge in [-0.15, -0.1) is 0 Å². The number of oxazole rings is 1. The average molecular weight is 435 g/mol. The van der Waals surface area contributed by atoms with Gasteiger partial charge in [0.15, 0.2) is 5.58 Å². The van der Waals surface area contributed by atoms with E-state index in [1.807, 2.05) is 29.7 Å². The Hall–Kier alpha value is -2.05. The number of amides is 1. The molecule has 0 aliphatic carbocycles. The van der Waals surface area contributed by atoms with Gasteiger partial charge in [-0.2, -0.15) is 5.26 Å². The molecule has 23 heavy (non-hydrogen) atoms. The van der Waals surface area contributed by atoms with Crippen LogP contribution in [0.2, 0.25) is 0 Å². The number of nitrogens with one attached hydrogen (secondary N) is 1. The van der Waals surface area contributed by atoms with Gasteiger partial charge in [0, 0.05) is 14.8 Å². The summed E-state index contributed by atoms with van der Waals surface area (Å²) in [6.45, 7) is 0. The van der Waals surface area contributed by atoms with Crippen LogP contribution in [0.25, 0.3) is 22.6 Å². The zero-order chi connectivity index (χ0) is 16.2. The topological polar surface area (TPSA) is 78.9 Å². The maximum absolute atomic E-state index is 11.6. The number of aromatic nitrogens is 1. The predicted octanol–water partition coefficient (Wildman–Crippen LogP) is 4.25. The average Bonchev–Trinajstić information content (AvgIpc) is 2.96. The molecular formula is C16H10IN3O2S. The molecule has 0 spiro atoms. The first-order valence-electron chi connectivity index (χ1n) is 6.63. The second kappa shape index (κ2) is 7.02. The molecule has 0 saturated heterocycles. The van der Waals surface area contributed by atoms with Crippen molar-refractivity contribution in [3.8, 4) is 16.9 Å². The fourth-order valence-electron chi connectivity index (χ4n) is 2.02. The number of carbonyl (C=O) groups excluding carboxylic acids is 1. The molecule has 1 heterocycles. The SMILES string of the molecule is N#CSCC(=O)Nc1ccc2oc(-c3ccc(I)cc3)nc2c1. The minimum atomic E-state index is -0.225. The van der Waals surface area contributed by atoms with Crippen molar-refractivity contribution in [2.24, 2.45) is 0 Å². The van der Waals surface area contributed by atoms with E-state index < -0.39 is 0 Å². The Kier molecular flexibility index (Phi) is 4.83. The van der Waals surface area contributed by atoms with Crippen molar-refractivity contribution >= 4 is 57.0 Å². The molecular weight excluding hydrogens is 425 g/mol. The molecule has 0 atom stereocenters. The molecule has 1 aromatic heterocycles. The highest BCUT2D eigenvalue weighted by molar-refractivity contribution is 14.1. The summed E-state index contributed by atoms with van der Waals surface area (Å²) in [6.07, 6.45) is 0. The summed E-state index contributed by atoms with van der Waals surface area (Å²) in [5.74, 6) is 0.415. The molecule has 0 fully saturated rings. The fraction of sp³-hybridized carbons (Fsp3) is 0.0625. The van der Waals surface area contributed by atoms with Gasteiger partial charge in [0.1, 0.15) is 10.9 Å². The fourth-order valence-corrected chi connectivity index (χ4v) is 2.64. The van der Waals surface area contributed by atoms with Crippen LogP contribution in [0.1, 0.15) is 0 Å². The first kappa shape index (κ1) is 15.8. The van der Waals surface area contributed by atoms with Crippen LogP contribution in [-0.2, 0) is 4.79 Å². The van der Waals surface area contributed by atoms with E-state index in [1.54, 1.807) is 18.2 Å². The second-order valence-corrected chi connectivity index (χ2v) is 6.64. The monoisotopic (exact) mass is 435 g/mol. The van der Waals surface area contributed by atoms with Crippen molar-refractivity contribution in [3.63, 3.8) is 0 Å². The van der Waals surface area contributed by atoms with Crippen LogP contribution in [0, 0.1) is 14.2 Å². The summed E-state index contributed by atoms with van der Waals surface area (Å²) in [5.41, 5.74) is 2.85. The van der Waals surface area contributed by atoms with Gasteiger partial charge in [0.25, 0.3) is 0 Å². The van der Waals surface area contributed by atoms with Gasteiger partial charge >= 0.3 is 0 Å². The molecule has 0 radical (unpaired) electrons. The maximum Gasteiger partial charge on any atom is 0.235 e. The zero-order valence-corrected chi connectivity index (χ0v) is 14.7. The van der Waals surface area contributed by atoms with Gasteiger partial charge in [0.2, 0.25) is 11.8 Å². The number of carbonyl (C=O) groups is 1. The van der Waals surface area contributed by atoms with Crippen LogP contribution >= 0.6 is 34.4 Å². The standard InChI is InChI=1S/C16H10IN3O2S/c17-11-3-1-10(2-4-11)16-20-13-7-12(5-6-14(13)22-16)19-15(21)8-23-9-18/h1-7H,8H2,(H,19,21). The van der Waals surface area contributed by atoms with Crippen LogP contribution in [0.15, 0.2) is 46.9 Å². The molecule has 3 rings (SSSR count). The Morgan fingerprint density at radius 2 is 2.09 bits per heavy atom. The van der Waals surface area contributed by atoms with Gasteiger partial charge in [-0.3, -0.25) is 4.79 Å². The molecule has 0 aliphatic rings. The Morgan fingerprint density at radius 3 is 2.83 bits per heavy atom. The van der Waals surface area contributed by atoms with Crippen molar-refractivity contribution in [2.45, 2.75) is 0 Å². The van der Waals surface area contributed by atoms with Crippen LogP contribution in [-0.4, -0.2) is 16.6 Å². The predicted molar refractivity (Wildman–Crippen MR) is 98.9 cm³/mol. The van der Waals surface area contributed by atoms with Crippen LogP contribution < -0.4 is 5.32 Å². The number of rotatable bonds is 4. The molecule has 3 aromatic rings. The molecule has 1 N–H and O–H groups in total. The van der Waals surface area contributed by atoms with Gasteiger partial charge in [-0.25, -0.2) is 4.98 Å². The Balaban J connectivity index is 1.85. The van der Waals surface area contributed by atoms with Gasteiger partial charge < -0.3 is 9.73 Å². The first-order chi connectivity index (χ1) is 11.2. The summed E-state index contributed by atoms with van der Waals surface area (Å²) in [5, 5.41) is 13.1. The van der Waals surface area contributed by atoms with Crippen molar-refractivity contribution in [2.75, 3.05) is 11.1 Å². The molecule has 5 nitrogen and oxygen atoms in total. The van der Waals surface area contributed by atoms with Crippen molar-refractivity contribution in [1.29, 1.82) is 5.26 Å². The third-order valence-electron chi connectivity index (χ3n) is 3.03. The molecule has 0 aliphatic heterocycles. The minimum absolute atomic E-state index is 0.0985. The largest absolute Gasteiger partial charge is 0.436 e. The molecule has 0 bridgehead atoms. The summed E-state index contributed by atoms with van der Waals surface area (Å²) in [7, 11) is 0. The van der Waals surface area contributed by atoms with Crippen molar-refractivity contribution < 1.29 is 9.21 Å². The zero-order valence-electron chi connectivity index (χ0n) is 11.7. The van der Waals surface area contributed by atoms with Crippen LogP contribution in [0.3, 0.4) is 0 Å². The Labute approximate surface area is 150 Å². The van der Waals surface area contributed by atoms with E-state index in [2.05, 4.69) is 32.9 Å². The third kappa shape index (κ3) is 3.83. The van der Waals surface area contributed by atoms with E-state index in [0.717, 1.165) is 20.9 Å². The smallest absolute Gasteiger partial charge is 0.235 e. The lowest BCUT2D eigenvalue weighted by Crippen LogP contribution is -2.13. The number of fused-ring (bicyclic) bond motifs is 1. The first-order valence-corrected chi connectivity index (χ1v) is 8.69. The number of nitriles is 1. The third-order valence-corrected chi connectivity index (χ3v) is 4.29. The summed E-state index contributed by atoms with van der Waals surface area (Å²) in [4.78, 5) is 16.1. The molecule has 0 saturated carbocycles. The van der Waals surface area contributed by atoms with E-state index in [0.29, 0.717) is 22.7 Å². The van der Waals surface area contributed by atoms with E-state index in [9.17, 15) is 4.79 Å². The number of thioether (sulfide) groups is 1. The molecule has 0 unspecified atom stereocenters. The number of thiocyanates is 1. The van der Waals surface area contributed by atoms with E-state index >= 15 is 0 Å². The van der Waals surface area contributed by atoms with Crippen LogP contribution in [0.5, 0.6) is 0 Å². The quantitative estimate of drug-likeness (QED) is 0.490. The number of hydrogen-bond donors (Lipinski definition) is 1. The second-order valence-electron chi connectivity index (χ2n) is 4.64. The summed E-state index contributed by atoms with van der Waals surface area (Å²) >= 11 is 3.14. The molecule has 7 heteroatoms. The normalized spacial score (nSPS) is 10.4. The van der Waals surface area contributed by atoms with Crippen molar-refractivity contribution in [1.82, 2.24) is 4.98 Å². The Morgan fingerprint density at radius 1 is 1.30 bits per heavy atom. The van der Waals surface area contributed by atoms with E-state index in [1.165, 1.54) is 0 Å². The minimum Gasteiger partial charge on any atom is -0.436 e. The number of hydrogen-bond acceptors (Lipinski definition) is 5. The number of benzene rings is 2. The molecule has 2 aromatic carbocycles. The van der Waals surface area contributed by atoms with Gasteiger partial charge in [0.05, 0.1) is 5.75 Å². The van der Waals surface area contributed by atoms with E-state index in [4.69, 9.17) is 9.68 Å².